The number of hydrogen-bond donors (Lipinski definition) is 0. The number of rotatable bonds is 5. The van der Waals surface area contributed by atoms with Crippen molar-refractivity contribution in [2.24, 2.45) is 11.8 Å². The van der Waals surface area contributed by atoms with Gasteiger partial charge in [-0.1, -0.05) is 50.9 Å². The third-order valence-corrected chi connectivity index (χ3v) is 3.00. The second-order valence-electron chi connectivity index (χ2n) is 4.35. The fraction of sp³-hybridized carbons (Fsp3) is 0.833. The van der Waals surface area contributed by atoms with Crippen molar-refractivity contribution in [3.05, 3.63) is 0 Å². The van der Waals surface area contributed by atoms with E-state index in [1.807, 2.05) is 27.7 Å². The molecule has 8 heteroatoms. The van der Waals surface area contributed by atoms with Crippen LogP contribution in [-0.2, 0) is 14.2 Å². The minimum Gasteiger partial charge on any atom is -0.435 e. The zero-order chi connectivity index (χ0) is 16.3. The summed E-state index contributed by atoms with van der Waals surface area (Å²) in [5.74, 6) is 0.190. The lowest BCUT2D eigenvalue weighted by Gasteiger charge is -2.13. The van der Waals surface area contributed by atoms with E-state index in [0.29, 0.717) is 6.61 Å². The molecule has 0 aromatic carbocycles. The number of halogens is 3. The summed E-state index contributed by atoms with van der Waals surface area (Å²) in [6.07, 6.45) is -0.707. The Morgan fingerprint density at radius 3 is 1.60 bits per heavy atom. The third-order valence-electron chi connectivity index (χ3n) is 1.72. The van der Waals surface area contributed by atoms with E-state index in [0.717, 1.165) is 0 Å². The van der Waals surface area contributed by atoms with Gasteiger partial charge in [-0.05, 0) is 6.92 Å². The largest absolute Gasteiger partial charge is 0.509 e. The van der Waals surface area contributed by atoms with Crippen LogP contribution in [0.1, 0.15) is 34.6 Å². The molecule has 0 spiro atoms. The molecule has 0 N–H and O–H groups in total. The summed E-state index contributed by atoms with van der Waals surface area (Å²) in [7, 11) is 0. The maximum atomic E-state index is 10.6. The minimum absolute atomic E-state index is 0.0920. The van der Waals surface area contributed by atoms with Crippen molar-refractivity contribution in [1.29, 1.82) is 0 Å². The Bertz CT molecular complexity index is 284. The first-order valence-corrected chi connectivity index (χ1v) is 7.34. The first kappa shape index (κ1) is 21.9. The van der Waals surface area contributed by atoms with Crippen LogP contribution in [0.3, 0.4) is 0 Å². The standard InChI is InChI=1S/C7H13ClO3.C5H8Cl2O2/c1-4-10-7(9)11-6(8)5(2)3;1-3(2)4(6)9-5(7)8/h5-6H,4H2,1-3H3;3-4H,1-2H3. The molecule has 0 bridgehead atoms. The van der Waals surface area contributed by atoms with Gasteiger partial charge in [0.2, 0.25) is 0 Å². The van der Waals surface area contributed by atoms with E-state index in [1.54, 1.807) is 6.92 Å². The van der Waals surface area contributed by atoms with E-state index in [9.17, 15) is 9.59 Å². The van der Waals surface area contributed by atoms with Crippen molar-refractivity contribution < 1.29 is 23.8 Å². The average Bonchev–Trinajstić information content (AvgIpc) is 2.28. The van der Waals surface area contributed by atoms with Crippen molar-refractivity contribution in [2.45, 2.75) is 45.7 Å². The molecule has 0 fully saturated rings. The Morgan fingerprint density at radius 1 is 0.950 bits per heavy atom. The predicted octanol–water partition coefficient (Wildman–Crippen LogP) is 4.96. The van der Waals surface area contributed by atoms with Gasteiger partial charge in [0.05, 0.1) is 6.61 Å². The molecular formula is C12H21Cl3O5. The van der Waals surface area contributed by atoms with E-state index in [2.05, 4.69) is 14.2 Å². The second-order valence-corrected chi connectivity index (χ2v) is 5.52. The molecule has 20 heavy (non-hydrogen) atoms. The maximum absolute atomic E-state index is 10.6. The van der Waals surface area contributed by atoms with Crippen LogP contribution in [0, 0.1) is 11.8 Å². The molecule has 0 aliphatic rings. The van der Waals surface area contributed by atoms with Crippen LogP contribution in [0.15, 0.2) is 0 Å². The van der Waals surface area contributed by atoms with Crippen LogP contribution in [0.5, 0.6) is 0 Å². The molecule has 0 radical (unpaired) electrons. The molecule has 0 saturated heterocycles. The fourth-order valence-electron chi connectivity index (χ4n) is 0.604. The monoisotopic (exact) mass is 350 g/mol. The van der Waals surface area contributed by atoms with E-state index < -0.39 is 22.7 Å². The quantitative estimate of drug-likeness (QED) is 0.398. The zero-order valence-corrected chi connectivity index (χ0v) is 14.5. The van der Waals surface area contributed by atoms with Gasteiger partial charge in [-0.3, -0.25) is 0 Å². The highest BCUT2D eigenvalue weighted by Crippen LogP contribution is 2.12. The van der Waals surface area contributed by atoms with Crippen LogP contribution >= 0.6 is 34.8 Å². The lowest BCUT2D eigenvalue weighted by Crippen LogP contribution is -2.18. The number of carbonyl (C=O) groups is 2. The highest BCUT2D eigenvalue weighted by molar-refractivity contribution is 6.61. The Hall–Kier alpha value is -0.390. The van der Waals surface area contributed by atoms with Gasteiger partial charge >= 0.3 is 11.6 Å². The molecule has 0 saturated carbocycles. The van der Waals surface area contributed by atoms with Crippen molar-refractivity contribution >= 4 is 46.4 Å². The molecule has 0 aromatic rings. The van der Waals surface area contributed by atoms with Gasteiger partial charge in [0.1, 0.15) is 0 Å². The average molecular weight is 352 g/mol. The Balaban J connectivity index is 0. The van der Waals surface area contributed by atoms with Crippen molar-refractivity contribution in [1.82, 2.24) is 0 Å². The fourth-order valence-corrected chi connectivity index (χ4v) is 0.900. The number of carbonyl (C=O) groups excluding carboxylic acids is 2. The molecular weight excluding hydrogens is 330 g/mol. The summed E-state index contributed by atoms with van der Waals surface area (Å²) in [6.45, 7) is 9.39. The van der Waals surface area contributed by atoms with Crippen LogP contribution in [0.25, 0.3) is 0 Å². The summed E-state index contributed by atoms with van der Waals surface area (Å²) in [6, 6.07) is 0. The lowest BCUT2D eigenvalue weighted by molar-refractivity contribution is 0.0382. The second kappa shape index (κ2) is 12.4. The molecule has 2 unspecified atom stereocenters. The van der Waals surface area contributed by atoms with Gasteiger partial charge in [-0.25, -0.2) is 9.59 Å². The van der Waals surface area contributed by atoms with E-state index in [4.69, 9.17) is 34.8 Å². The Morgan fingerprint density at radius 2 is 1.35 bits per heavy atom. The summed E-state index contributed by atoms with van der Waals surface area (Å²) in [5, 5.41) is 0. The van der Waals surface area contributed by atoms with E-state index >= 15 is 0 Å². The van der Waals surface area contributed by atoms with Crippen LogP contribution < -0.4 is 0 Å². The van der Waals surface area contributed by atoms with Crippen LogP contribution in [0.4, 0.5) is 9.59 Å². The van der Waals surface area contributed by atoms with Gasteiger partial charge in [-0.2, -0.15) is 0 Å². The highest BCUT2D eigenvalue weighted by Gasteiger charge is 2.15. The Kier molecular flexibility index (Phi) is 13.5. The molecule has 0 amide bonds. The van der Waals surface area contributed by atoms with Crippen LogP contribution in [0.2, 0.25) is 0 Å². The highest BCUT2D eigenvalue weighted by atomic mass is 35.5. The van der Waals surface area contributed by atoms with E-state index in [-0.39, 0.29) is 11.8 Å². The molecule has 5 nitrogen and oxygen atoms in total. The number of ether oxygens (including phenoxy) is 3. The topological polar surface area (TPSA) is 61.8 Å². The number of alkyl halides is 2. The predicted molar refractivity (Wildman–Crippen MR) is 79.4 cm³/mol. The van der Waals surface area contributed by atoms with Gasteiger partial charge in [0.15, 0.2) is 11.1 Å². The number of hydrogen-bond acceptors (Lipinski definition) is 5. The molecule has 0 aromatic heterocycles. The normalized spacial score (nSPS) is 13.1. The zero-order valence-electron chi connectivity index (χ0n) is 12.2. The summed E-state index contributed by atoms with van der Waals surface area (Å²) >= 11 is 16.0. The van der Waals surface area contributed by atoms with Gasteiger partial charge in [0.25, 0.3) is 0 Å². The molecule has 2 atom stereocenters. The molecule has 0 rings (SSSR count). The van der Waals surface area contributed by atoms with Crippen molar-refractivity contribution in [3.8, 4) is 0 Å². The lowest BCUT2D eigenvalue weighted by atomic mass is 10.2. The molecule has 120 valence electrons. The summed E-state index contributed by atoms with van der Waals surface area (Å²) < 4.78 is 13.6. The smallest absolute Gasteiger partial charge is 0.435 e. The van der Waals surface area contributed by atoms with Gasteiger partial charge in [0, 0.05) is 23.4 Å². The maximum Gasteiger partial charge on any atom is 0.509 e. The molecule has 0 aliphatic carbocycles. The molecule has 0 heterocycles. The SMILES string of the molecule is CC(C)C(Cl)OC(=O)Cl.CCOC(=O)OC(Cl)C(C)C. The first-order chi connectivity index (χ1) is 9.11. The van der Waals surface area contributed by atoms with Crippen molar-refractivity contribution in [3.63, 3.8) is 0 Å². The van der Waals surface area contributed by atoms with Crippen molar-refractivity contribution in [2.75, 3.05) is 6.61 Å². The van der Waals surface area contributed by atoms with Gasteiger partial charge in [-0.15, -0.1) is 0 Å². The van der Waals surface area contributed by atoms with Crippen LogP contribution in [-0.4, -0.2) is 29.3 Å². The minimum atomic E-state index is -0.858. The third kappa shape index (κ3) is 14.0. The Labute approximate surface area is 134 Å². The van der Waals surface area contributed by atoms with Gasteiger partial charge < -0.3 is 14.2 Å². The first-order valence-electron chi connectivity index (χ1n) is 6.09. The molecule has 0 aliphatic heterocycles. The summed E-state index contributed by atoms with van der Waals surface area (Å²) in [4.78, 5) is 20.6. The van der Waals surface area contributed by atoms with E-state index in [1.165, 1.54) is 0 Å². The summed E-state index contributed by atoms with van der Waals surface area (Å²) in [5.41, 5.74) is -2.08.